The Morgan fingerprint density at radius 3 is 2.77 bits per heavy atom. The number of aromatic nitrogens is 4. The number of hydrogen-bond acceptors (Lipinski definition) is 5. The first kappa shape index (κ1) is 16.4. The maximum absolute atomic E-state index is 12.4. The summed E-state index contributed by atoms with van der Waals surface area (Å²) in [6.07, 6.45) is 1.97. The Kier molecular flexibility index (Phi) is 5.46. The molecule has 1 N–H and O–H groups in total. The molecule has 0 bridgehead atoms. The highest BCUT2D eigenvalue weighted by atomic mass is 35.5. The molecule has 1 saturated heterocycles. The topological polar surface area (TPSA) is 75.9 Å². The zero-order valence-corrected chi connectivity index (χ0v) is 13.2. The summed E-state index contributed by atoms with van der Waals surface area (Å²) in [5.74, 6) is 0.180. The van der Waals surface area contributed by atoms with E-state index in [4.69, 9.17) is 0 Å². The fourth-order valence-corrected chi connectivity index (χ4v) is 2.53. The highest BCUT2D eigenvalue weighted by Crippen LogP contribution is 2.11. The number of benzene rings is 1. The molecule has 1 atom stereocenters. The Morgan fingerprint density at radius 1 is 1.36 bits per heavy atom. The number of nitrogens with one attached hydrogen (secondary N) is 1. The average molecular weight is 323 g/mol. The third-order valence-electron chi connectivity index (χ3n) is 3.73. The highest BCUT2D eigenvalue weighted by Gasteiger charge is 2.22. The summed E-state index contributed by atoms with van der Waals surface area (Å²) in [7, 11) is 0. The second-order valence-corrected chi connectivity index (χ2v) is 5.24. The molecule has 2 aromatic rings. The van der Waals surface area contributed by atoms with Gasteiger partial charge in [-0.25, -0.2) is 4.68 Å². The van der Waals surface area contributed by atoms with Crippen LogP contribution in [0.3, 0.4) is 0 Å². The van der Waals surface area contributed by atoms with Crippen molar-refractivity contribution in [2.24, 2.45) is 0 Å². The predicted molar refractivity (Wildman–Crippen MR) is 84.2 cm³/mol. The molecule has 1 unspecified atom stereocenters. The third kappa shape index (κ3) is 3.61. The minimum Gasteiger partial charge on any atom is -0.337 e. The Balaban J connectivity index is 0.00000176. The lowest BCUT2D eigenvalue weighted by molar-refractivity contribution is -0.133. The first-order chi connectivity index (χ1) is 10.2. The first-order valence-electron chi connectivity index (χ1n) is 7.06. The van der Waals surface area contributed by atoms with E-state index >= 15 is 0 Å². The molecular formula is C14H19ClN6O. The maximum Gasteiger partial charge on any atom is 0.227 e. The van der Waals surface area contributed by atoms with Gasteiger partial charge in [0, 0.05) is 25.7 Å². The van der Waals surface area contributed by atoms with Crippen molar-refractivity contribution in [3.8, 4) is 5.69 Å². The normalized spacial score (nSPS) is 17.9. The lowest BCUT2D eigenvalue weighted by Crippen LogP contribution is -2.52. The maximum atomic E-state index is 12.4. The van der Waals surface area contributed by atoms with Crippen LogP contribution in [0.25, 0.3) is 5.69 Å². The number of piperazine rings is 1. The molecule has 2 heterocycles. The molecule has 0 aliphatic carbocycles. The smallest absolute Gasteiger partial charge is 0.227 e. The Morgan fingerprint density at radius 2 is 2.14 bits per heavy atom. The molecule has 0 saturated carbocycles. The fourth-order valence-electron chi connectivity index (χ4n) is 2.53. The van der Waals surface area contributed by atoms with Crippen LogP contribution in [0.2, 0.25) is 0 Å². The summed E-state index contributed by atoms with van der Waals surface area (Å²) in [5, 5.41) is 14.3. The van der Waals surface area contributed by atoms with E-state index in [-0.39, 0.29) is 24.4 Å². The van der Waals surface area contributed by atoms with E-state index in [1.54, 1.807) is 11.0 Å². The van der Waals surface area contributed by atoms with Crippen molar-refractivity contribution in [3.05, 3.63) is 36.2 Å². The van der Waals surface area contributed by atoms with Crippen LogP contribution in [0.4, 0.5) is 0 Å². The van der Waals surface area contributed by atoms with Crippen LogP contribution in [0.1, 0.15) is 12.5 Å². The highest BCUT2D eigenvalue weighted by molar-refractivity contribution is 5.85. The van der Waals surface area contributed by atoms with Crippen LogP contribution in [0.5, 0.6) is 0 Å². The van der Waals surface area contributed by atoms with Crippen LogP contribution in [-0.4, -0.2) is 56.7 Å². The Bertz CT molecular complexity index is 600. The van der Waals surface area contributed by atoms with E-state index in [1.165, 1.54) is 0 Å². The number of tetrazole rings is 1. The van der Waals surface area contributed by atoms with Crippen LogP contribution in [-0.2, 0) is 11.2 Å². The number of nitrogens with zero attached hydrogens (tertiary/aromatic N) is 5. The molecule has 8 heteroatoms. The van der Waals surface area contributed by atoms with Gasteiger partial charge in [-0.05, 0) is 35.0 Å². The minimum atomic E-state index is 0. The molecule has 1 aromatic carbocycles. The summed E-state index contributed by atoms with van der Waals surface area (Å²) in [6.45, 7) is 4.59. The molecule has 1 fully saturated rings. The quantitative estimate of drug-likeness (QED) is 0.888. The fraction of sp³-hybridized carbons (Fsp3) is 0.429. The van der Waals surface area contributed by atoms with Crippen molar-refractivity contribution < 1.29 is 4.79 Å². The SMILES string of the molecule is CC1CNCCN1C(=O)Cc1ccc(-n2cnnn2)cc1.Cl. The molecule has 3 rings (SSSR count). The molecule has 1 aliphatic heterocycles. The predicted octanol–water partition coefficient (Wildman–Crippen LogP) is 0.447. The van der Waals surface area contributed by atoms with Crippen molar-refractivity contribution in [1.82, 2.24) is 30.4 Å². The number of hydrogen-bond donors (Lipinski definition) is 1. The van der Waals surface area contributed by atoms with Crippen LogP contribution in [0.15, 0.2) is 30.6 Å². The van der Waals surface area contributed by atoms with E-state index in [2.05, 4.69) is 27.8 Å². The second kappa shape index (κ2) is 7.33. The van der Waals surface area contributed by atoms with E-state index in [9.17, 15) is 4.79 Å². The summed E-state index contributed by atoms with van der Waals surface area (Å²) in [6, 6.07) is 7.98. The molecule has 7 nitrogen and oxygen atoms in total. The largest absolute Gasteiger partial charge is 0.337 e. The molecule has 1 amide bonds. The third-order valence-corrected chi connectivity index (χ3v) is 3.73. The molecule has 118 valence electrons. The van der Waals surface area contributed by atoms with Crippen molar-refractivity contribution in [3.63, 3.8) is 0 Å². The summed E-state index contributed by atoms with van der Waals surface area (Å²) < 4.78 is 1.59. The van der Waals surface area contributed by atoms with Gasteiger partial charge in [-0.2, -0.15) is 0 Å². The van der Waals surface area contributed by atoms with Crippen molar-refractivity contribution >= 4 is 18.3 Å². The zero-order valence-electron chi connectivity index (χ0n) is 12.3. The van der Waals surface area contributed by atoms with Crippen molar-refractivity contribution in [2.75, 3.05) is 19.6 Å². The monoisotopic (exact) mass is 322 g/mol. The van der Waals surface area contributed by atoms with Gasteiger partial charge in [0.1, 0.15) is 6.33 Å². The average Bonchev–Trinajstić information content (AvgIpc) is 3.02. The van der Waals surface area contributed by atoms with Gasteiger partial charge < -0.3 is 10.2 Å². The van der Waals surface area contributed by atoms with Gasteiger partial charge >= 0.3 is 0 Å². The lowest BCUT2D eigenvalue weighted by Gasteiger charge is -2.34. The van der Waals surface area contributed by atoms with Gasteiger partial charge in [0.25, 0.3) is 0 Å². The Hall–Kier alpha value is -1.99. The van der Waals surface area contributed by atoms with E-state index in [0.717, 1.165) is 30.9 Å². The van der Waals surface area contributed by atoms with Crippen molar-refractivity contribution in [2.45, 2.75) is 19.4 Å². The summed E-state index contributed by atoms with van der Waals surface area (Å²) in [4.78, 5) is 14.3. The minimum absolute atomic E-state index is 0. The number of carbonyl (C=O) groups is 1. The van der Waals surface area contributed by atoms with Crippen LogP contribution < -0.4 is 5.32 Å². The van der Waals surface area contributed by atoms with E-state index < -0.39 is 0 Å². The molecule has 1 aromatic heterocycles. The molecular weight excluding hydrogens is 304 g/mol. The van der Waals surface area contributed by atoms with Gasteiger partial charge in [0.15, 0.2) is 0 Å². The number of rotatable bonds is 3. The van der Waals surface area contributed by atoms with Gasteiger partial charge in [0.05, 0.1) is 12.1 Å². The summed E-state index contributed by atoms with van der Waals surface area (Å²) in [5.41, 5.74) is 1.88. The molecule has 1 aliphatic rings. The number of carbonyl (C=O) groups excluding carboxylic acids is 1. The number of halogens is 1. The van der Waals surface area contributed by atoms with E-state index in [1.807, 2.05) is 29.2 Å². The van der Waals surface area contributed by atoms with E-state index in [0.29, 0.717) is 6.42 Å². The number of amides is 1. The molecule has 0 spiro atoms. The first-order valence-corrected chi connectivity index (χ1v) is 7.06. The van der Waals surface area contributed by atoms with Gasteiger partial charge in [-0.3, -0.25) is 4.79 Å². The van der Waals surface area contributed by atoms with Crippen molar-refractivity contribution in [1.29, 1.82) is 0 Å². The molecule has 0 radical (unpaired) electrons. The van der Waals surface area contributed by atoms with Crippen LogP contribution >= 0.6 is 12.4 Å². The van der Waals surface area contributed by atoms with Gasteiger partial charge in [-0.15, -0.1) is 17.5 Å². The molecule has 22 heavy (non-hydrogen) atoms. The zero-order chi connectivity index (χ0) is 14.7. The lowest BCUT2D eigenvalue weighted by atomic mass is 10.1. The Labute approximate surface area is 135 Å². The van der Waals surface area contributed by atoms with Gasteiger partial charge in [0.2, 0.25) is 5.91 Å². The van der Waals surface area contributed by atoms with Gasteiger partial charge in [-0.1, -0.05) is 12.1 Å². The second-order valence-electron chi connectivity index (χ2n) is 5.24. The van der Waals surface area contributed by atoms with Crippen LogP contribution in [0, 0.1) is 0 Å². The standard InChI is InChI=1S/C14H18N6O.ClH/c1-11-9-15-6-7-19(11)14(21)8-12-2-4-13(5-3-12)20-10-16-17-18-20;/h2-5,10-11,15H,6-9H2,1H3;1H. The summed E-state index contributed by atoms with van der Waals surface area (Å²) >= 11 is 0.